The molecule has 0 saturated carbocycles. The van der Waals surface area contributed by atoms with Gasteiger partial charge in [-0.1, -0.05) is 11.6 Å². The van der Waals surface area contributed by atoms with E-state index < -0.39 is 16.1 Å². The van der Waals surface area contributed by atoms with Crippen LogP contribution in [0.4, 0.5) is 11.4 Å². The lowest BCUT2D eigenvalue weighted by atomic mass is 9.86. The highest BCUT2D eigenvalue weighted by Gasteiger charge is 2.35. The van der Waals surface area contributed by atoms with Crippen LogP contribution in [-0.4, -0.2) is 21.2 Å². The third-order valence-corrected chi connectivity index (χ3v) is 3.45. The van der Waals surface area contributed by atoms with Crippen LogP contribution < -0.4 is 5.32 Å². The van der Waals surface area contributed by atoms with E-state index in [2.05, 4.69) is 5.32 Å². The number of rotatable bonds is 4. The highest BCUT2D eigenvalue weighted by Crippen LogP contribution is 2.32. The average Bonchev–Trinajstić information content (AvgIpc) is 2.18. The molecule has 1 aromatic carbocycles. The van der Waals surface area contributed by atoms with Crippen molar-refractivity contribution in [2.75, 3.05) is 5.32 Å². The smallest absolute Gasteiger partial charge is 0.271 e. The first-order valence-corrected chi connectivity index (χ1v) is 5.87. The van der Waals surface area contributed by atoms with Crippen LogP contribution in [0.5, 0.6) is 0 Å². The first-order valence-electron chi connectivity index (χ1n) is 5.49. The number of nitro benzene ring substituents is 1. The second-order valence-electron chi connectivity index (χ2n) is 5.23. The topological polar surface area (TPSA) is 75.4 Å². The summed E-state index contributed by atoms with van der Waals surface area (Å²) in [6.07, 6.45) is 0. The van der Waals surface area contributed by atoms with E-state index in [1.54, 1.807) is 13.8 Å². The van der Waals surface area contributed by atoms with E-state index >= 15 is 0 Å². The molecule has 0 aliphatic heterocycles. The number of halogens is 1. The molecule has 1 rings (SSSR count). The molecule has 18 heavy (non-hydrogen) atoms. The van der Waals surface area contributed by atoms with Gasteiger partial charge in [0.15, 0.2) is 0 Å². The molecule has 0 atom stereocenters. The predicted molar refractivity (Wildman–Crippen MR) is 72.1 cm³/mol. The van der Waals surface area contributed by atoms with Gasteiger partial charge in [-0.3, -0.25) is 10.1 Å². The minimum atomic E-state index is -0.974. The Morgan fingerprint density at radius 3 is 2.28 bits per heavy atom. The van der Waals surface area contributed by atoms with Crippen molar-refractivity contribution < 1.29 is 10.0 Å². The lowest BCUT2D eigenvalue weighted by molar-refractivity contribution is -0.384. The Balaban J connectivity index is 3.03. The second kappa shape index (κ2) is 4.74. The van der Waals surface area contributed by atoms with E-state index in [-0.39, 0.29) is 10.7 Å². The average molecular weight is 273 g/mol. The SMILES string of the molecule is CC(C)(O)C(C)(C)Nc1ccc([N+](=O)[O-])cc1Cl. The van der Waals surface area contributed by atoms with Gasteiger partial charge in [-0.2, -0.15) is 0 Å². The zero-order valence-electron chi connectivity index (χ0n) is 10.8. The first kappa shape index (κ1) is 14.7. The normalized spacial score (nSPS) is 12.3. The molecule has 100 valence electrons. The minimum absolute atomic E-state index is 0.0633. The van der Waals surface area contributed by atoms with Crippen LogP contribution in [0.2, 0.25) is 5.02 Å². The summed E-state index contributed by atoms with van der Waals surface area (Å²) in [7, 11) is 0. The van der Waals surface area contributed by atoms with Crippen molar-refractivity contribution in [1.29, 1.82) is 0 Å². The Hall–Kier alpha value is -1.33. The van der Waals surface area contributed by atoms with Crippen molar-refractivity contribution in [3.05, 3.63) is 33.3 Å². The molecule has 0 heterocycles. The molecule has 0 radical (unpaired) electrons. The van der Waals surface area contributed by atoms with Crippen molar-refractivity contribution in [1.82, 2.24) is 0 Å². The third kappa shape index (κ3) is 3.11. The molecule has 1 aromatic rings. The van der Waals surface area contributed by atoms with Gasteiger partial charge in [0.05, 0.1) is 26.8 Å². The van der Waals surface area contributed by atoms with E-state index in [1.165, 1.54) is 18.2 Å². The van der Waals surface area contributed by atoms with Gasteiger partial charge in [0.1, 0.15) is 0 Å². The van der Waals surface area contributed by atoms with Crippen molar-refractivity contribution in [2.45, 2.75) is 38.8 Å². The highest BCUT2D eigenvalue weighted by atomic mass is 35.5. The molecule has 0 saturated heterocycles. The van der Waals surface area contributed by atoms with Crippen LogP contribution in [0.25, 0.3) is 0 Å². The van der Waals surface area contributed by atoms with E-state index in [0.717, 1.165) is 0 Å². The van der Waals surface area contributed by atoms with Crippen molar-refractivity contribution in [3.8, 4) is 0 Å². The lowest BCUT2D eigenvalue weighted by Gasteiger charge is -2.39. The fourth-order valence-corrected chi connectivity index (χ4v) is 1.43. The maximum Gasteiger partial charge on any atom is 0.271 e. The Bertz CT molecular complexity index is 467. The first-order chi connectivity index (χ1) is 8.04. The summed E-state index contributed by atoms with van der Waals surface area (Å²) < 4.78 is 0. The molecule has 0 aliphatic rings. The molecule has 0 bridgehead atoms. The van der Waals surface area contributed by atoms with Crippen LogP contribution in [-0.2, 0) is 0 Å². The maximum absolute atomic E-state index is 10.6. The number of non-ortho nitro benzene ring substituents is 1. The largest absolute Gasteiger partial charge is 0.388 e. The van der Waals surface area contributed by atoms with Gasteiger partial charge in [-0.15, -0.1) is 0 Å². The molecular weight excluding hydrogens is 256 g/mol. The predicted octanol–water partition coefficient (Wildman–Crippen LogP) is 3.21. The van der Waals surface area contributed by atoms with Crippen LogP contribution >= 0.6 is 11.6 Å². The molecule has 0 aromatic heterocycles. The van der Waals surface area contributed by atoms with Crippen LogP contribution in [0, 0.1) is 10.1 Å². The minimum Gasteiger partial charge on any atom is -0.388 e. The Morgan fingerprint density at radius 2 is 1.89 bits per heavy atom. The number of aliphatic hydroxyl groups is 1. The Labute approximate surface area is 111 Å². The summed E-state index contributed by atoms with van der Waals surface area (Å²) in [5, 5.41) is 24.0. The van der Waals surface area contributed by atoms with Gasteiger partial charge in [-0.25, -0.2) is 0 Å². The number of hydrogen-bond acceptors (Lipinski definition) is 4. The van der Waals surface area contributed by atoms with E-state index in [9.17, 15) is 15.2 Å². The fourth-order valence-electron chi connectivity index (χ4n) is 1.21. The van der Waals surface area contributed by atoms with Crippen molar-refractivity contribution >= 4 is 23.0 Å². The van der Waals surface area contributed by atoms with E-state index in [0.29, 0.717) is 5.69 Å². The molecule has 0 unspecified atom stereocenters. The van der Waals surface area contributed by atoms with Crippen LogP contribution in [0.1, 0.15) is 27.7 Å². The number of nitrogens with one attached hydrogen (secondary N) is 1. The molecule has 2 N–H and O–H groups in total. The monoisotopic (exact) mass is 272 g/mol. The Morgan fingerprint density at radius 1 is 1.33 bits per heavy atom. The third-order valence-electron chi connectivity index (χ3n) is 3.14. The fraction of sp³-hybridized carbons (Fsp3) is 0.500. The zero-order chi connectivity index (χ0) is 14.1. The van der Waals surface area contributed by atoms with Crippen LogP contribution in [0.3, 0.4) is 0 Å². The van der Waals surface area contributed by atoms with Crippen LogP contribution in [0.15, 0.2) is 18.2 Å². The second-order valence-corrected chi connectivity index (χ2v) is 5.64. The summed E-state index contributed by atoms with van der Waals surface area (Å²) >= 11 is 5.98. The summed E-state index contributed by atoms with van der Waals surface area (Å²) in [6.45, 7) is 7.01. The molecule has 0 fully saturated rings. The molecule has 5 nitrogen and oxygen atoms in total. The number of anilines is 1. The lowest BCUT2D eigenvalue weighted by Crippen LogP contribution is -2.51. The molecular formula is C12H17ClN2O3. The van der Waals surface area contributed by atoms with Gasteiger partial charge in [-0.05, 0) is 33.8 Å². The van der Waals surface area contributed by atoms with Gasteiger partial charge >= 0.3 is 0 Å². The number of nitro groups is 1. The Kier molecular flexibility index (Phi) is 3.88. The summed E-state index contributed by atoms with van der Waals surface area (Å²) in [5.41, 5.74) is -1.12. The molecule has 6 heteroatoms. The molecule has 0 spiro atoms. The molecule has 0 amide bonds. The number of nitrogens with zero attached hydrogens (tertiary/aromatic N) is 1. The van der Waals surface area contributed by atoms with Gasteiger partial charge < -0.3 is 10.4 Å². The summed E-state index contributed by atoms with van der Waals surface area (Å²) in [6, 6.07) is 4.19. The van der Waals surface area contributed by atoms with E-state index in [4.69, 9.17) is 11.6 Å². The van der Waals surface area contributed by atoms with Crippen molar-refractivity contribution in [2.24, 2.45) is 0 Å². The molecule has 0 aliphatic carbocycles. The standard InChI is InChI=1S/C12H17ClN2O3/c1-11(2,12(3,4)16)14-10-6-5-8(15(17)18)7-9(10)13/h5-7,14,16H,1-4H3. The van der Waals surface area contributed by atoms with Crippen molar-refractivity contribution in [3.63, 3.8) is 0 Å². The maximum atomic E-state index is 10.6. The quantitative estimate of drug-likeness (QED) is 0.652. The zero-order valence-corrected chi connectivity index (χ0v) is 11.6. The van der Waals surface area contributed by atoms with Gasteiger partial charge in [0.25, 0.3) is 5.69 Å². The van der Waals surface area contributed by atoms with Gasteiger partial charge in [0.2, 0.25) is 0 Å². The van der Waals surface area contributed by atoms with Gasteiger partial charge in [0, 0.05) is 12.1 Å². The number of benzene rings is 1. The van der Waals surface area contributed by atoms with E-state index in [1.807, 2.05) is 13.8 Å². The number of hydrogen-bond donors (Lipinski definition) is 2. The summed E-state index contributed by atoms with van der Waals surface area (Å²) in [4.78, 5) is 10.1. The summed E-state index contributed by atoms with van der Waals surface area (Å²) in [5.74, 6) is 0. The highest BCUT2D eigenvalue weighted by molar-refractivity contribution is 6.33.